The van der Waals surface area contributed by atoms with Gasteiger partial charge in [-0.15, -0.1) is 0 Å². The molecular weight excluding hydrogens is 224 g/mol. The smallest absolute Gasteiger partial charge is 0.218 e. The summed E-state index contributed by atoms with van der Waals surface area (Å²) in [5.74, 6) is 3.40. The van der Waals surface area contributed by atoms with Gasteiger partial charge in [-0.3, -0.25) is 0 Å². The van der Waals surface area contributed by atoms with E-state index in [1.165, 1.54) is 38.5 Å². The summed E-state index contributed by atoms with van der Waals surface area (Å²) in [6.45, 7) is 2.48. The van der Waals surface area contributed by atoms with Crippen molar-refractivity contribution in [2.24, 2.45) is 24.3 Å². The second kappa shape index (κ2) is 3.09. The summed E-state index contributed by atoms with van der Waals surface area (Å²) in [5, 5.41) is 4.61. The molecule has 5 rings (SSSR count). The molecule has 0 aliphatic heterocycles. The largest absolute Gasteiger partial charge is 0.368 e. The molecule has 0 saturated heterocycles. The molecule has 4 saturated carbocycles. The fourth-order valence-corrected chi connectivity index (χ4v) is 5.60. The first-order valence-corrected chi connectivity index (χ1v) is 7.15. The molecule has 0 spiro atoms. The molecule has 0 radical (unpaired) electrons. The summed E-state index contributed by atoms with van der Waals surface area (Å²) in [7, 11) is 1.90. The molecule has 4 aliphatic rings. The molecule has 4 heteroatoms. The van der Waals surface area contributed by atoms with E-state index in [-0.39, 0.29) is 5.41 Å². The molecule has 98 valence electrons. The summed E-state index contributed by atoms with van der Waals surface area (Å²) in [6, 6.07) is 0. The van der Waals surface area contributed by atoms with E-state index in [1.807, 2.05) is 7.05 Å². The number of nitrogens with two attached hydrogens (primary N) is 1. The van der Waals surface area contributed by atoms with Gasteiger partial charge in [0.15, 0.2) is 5.82 Å². The van der Waals surface area contributed by atoms with E-state index in [1.54, 1.807) is 4.68 Å². The monoisotopic (exact) mass is 246 g/mol. The van der Waals surface area contributed by atoms with Crippen molar-refractivity contribution < 1.29 is 0 Å². The molecule has 2 unspecified atom stereocenters. The normalized spacial score (nSPS) is 45.7. The molecule has 0 amide bonds. The van der Waals surface area contributed by atoms with Gasteiger partial charge >= 0.3 is 0 Å². The van der Waals surface area contributed by atoms with Crippen LogP contribution in [0.25, 0.3) is 0 Å². The van der Waals surface area contributed by atoms with Crippen LogP contribution < -0.4 is 5.73 Å². The van der Waals surface area contributed by atoms with Crippen LogP contribution in [0.1, 0.15) is 51.3 Å². The fourth-order valence-electron chi connectivity index (χ4n) is 5.60. The van der Waals surface area contributed by atoms with E-state index in [0.29, 0.717) is 11.4 Å². The average molecular weight is 246 g/mol. The number of nitrogen functional groups attached to an aromatic ring is 1. The van der Waals surface area contributed by atoms with Crippen molar-refractivity contribution >= 4 is 5.95 Å². The first kappa shape index (κ1) is 10.8. The highest BCUT2D eigenvalue weighted by Gasteiger charge is 2.57. The maximum atomic E-state index is 5.88. The maximum absolute atomic E-state index is 5.88. The maximum Gasteiger partial charge on any atom is 0.218 e. The topological polar surface area (TPSA) is 56.7 Å². The number of nitrogens with zero attached hydrogens (tertiary/aromatic N) is 3. The van der Waals surface area contributed by atoms with Crippen molar-refractivity contribution in [3.63, 3.8) is 0 Å². The molecule has 4 aliphatic carbocycles. The number of aryl methyl sites for hydroxylation is 1. The minimum atomic E-state index is 0.244. The lowest BCUT2D eigenvalue weighted by Gasteiger charge is -2.60. The average Bonchev–Trinajstić information content (AvgIpc) is 2.56. The fraction of sp³-hybridized carbons (Fsp3) is 0.857. The zero-order valence-electron chi connectivity index (χ0n) is 11.3. The quantitative estimate of drug-likeness (QED) is 0.827. The predicted molar refractivity (Wildman–Crippen MR) is 69.9 cm³/mol. The number of anilines is 1. The Kier molecular flexibility index (Phi) is 1.86. The summed E-state index contributed by atoms with van der Waals surface area (Å²) >= 11 is 0. The van der Waals surface area contributed by atoms with Gasteiger partial charge < -0.3 is 5.73 Å². The molecular formula is C14H22N4. The van der Waals surface area contributed by atoms with Gasteiger partial charge in [-0.2, -0.15) is 10.1 Å². The Morgan fingerprint density at radius 3 is 2.39 bits per heavy atom. The number of hydrogen-bond acceptors (Lipinski definition) is 3. The summed E-state index contributed by atoms with van der Waals surface area (Å²) in [5.41, 5.74) is 6.67. The van der Waals surface area contributed by atoms with Crippen molar-refractivity contribution in [3.05, 3.63) is 5.82 Å². The third-order valence-corrected chi connectivity index (χ3v) is 5.62. The van der Waals surface area contributed by atoms with Crippen molar-refractivity contribution in [1.82, 2.24) is 14.8 Å². The SMILES string of the molecule is Cn1nc(C23CC4CC(CC(C)(C4)C2)C3)nc1N. The third-order valence-electron chi connectivity index (χ3n) is 5.62. The second-order valence-corrected chi connectivity index (χ2v) is 7.47. The van der Waals surface area contributed by atoms with E-state index in [9.17, 15) is 0 Å². The zero-order valence-corrected chi connectivity index (χ0v) is 11.3. The molecule has 2 atom stereocenters. The zero-order chi connectivity index (χ0) is 12.5. The van der Waals surface area contributed by atoms with E-state index in [4.69, 9.17) is 5.73 Å². The van der Waals surface area contributed by atoms with Crippen molar-refractivity contribution in [2.75, 3.05) is 5.73 Å². The molecule has 4 nitrogen and oxygen atoms in total. The summed E-state index contributed by atoms with van der Waals surface area (Å²) in [4.78, 5) is 4.56. The molecule has 2 N–H and O–H groups in total. The lowest BCUT2D eigenvalue weighted by Crippen LogP contribution is -2.53. The van der Waals surface area contributed by atoms with Gasteiger partial charge in [0.05, 0.1) is 0 Å². The van der Waals surface area contributed by atoms with E-state index in [0.717, 1.165) is 17.7 Å². The summed E-state index contributed by atoms with van der Waals surface area (Å²) < 4.78 is 1.73. The first-order valence-electron chi connectivity index (χ1n) is 7.15. The van der Waals surface area contributed by atoms with Crippen molar-refractivity contribution in [3.8, 4) is 0 Å². The van der Waals surface area contributed by atoms with Gasteiger partial charge in [-0.25, -0.2) is 4.68 Å². The van der Waals surface area contributed by atoms with Crippen LogP contribution in [0.4, 0.5) is 5.95 Å². The van der Waals surface area contributed by atoms with Crippen LogP contribution in [0.5, 0.6) is 0 Å². The Bertz CT molecular complexity index is 470. The molecule has 4 fully saturated rings. The second-order valence-electron chi connectivity index (χ2n) is 7.47. The Labute approximate surface area is 108 Å². The molecule has 18 heavy (non-hydrogen) atoms. The van der Waals surface area contributed by atoms with Crippen LogP contribution in [0.15, 0.2) is 0 Å². The Balaban J connectivity index is 1.79. The van der Waals surface area contributed by atoms with Crippen LogP contribution in [0.2, 0.25) is 0 Å². The molecule has 1 heterocycles. The lowest BCUT2D eigenvalue weighted by molar-refractivity contribution is -0.0648. The highest BCUT2D eigenvalue weighted by atomic mass is 15.4. The number of hydrogen-bond donors (Lipinski definition) is 1. The minimum Gasteiger partial charge on any atom is -0.368 e. The van der Waals surface area contributed by atoms with Crippen molar-refractivity contribution in [1.29, 1.82) is 0 Å². The minimum absolute atomic E-state index is 0.244. The molecule has 1 aromatic heterocycles. The van der Waals surface area contributed by atoms with Crippen LogP contribution >= 0.6 is 0 Å². The Morgan fingerprint density at radius 2 is 1.89 bits per heavy atom. The van der Waals surface area contributed by atoms with Gasteiger partial charge in [-0.1, -0.05) is 6.92 Å². The first-order chi connectivity index (χ1) is 8.48. The number of aromatic nitrogens is 3. The van der Waals surface area contributed by atoms with Gasteiger partial charge in [0.1, 0.15) is 0 Å². The Morgan fingerprint density at radius 1 is 1.22 bits per heavy atom. The summed E-state index contributed by atoms with van der Waals surface area (Å²) in [6.07, 6.45) is 8.16. The van der Waals surface area contributed by atoms with Crippen molar-refractivity contribution in [2.45, 2.75) is 50.9 Å². The van der Waals surface area contributed by atoms with Gasteiger partial charge in [0.25, 0.3) is 0 Å². The number of rotatable bonds is 1. The predicted octanol–water partition coefficient (Wildman–Crippen LogP) is 2.26. The molecule has 4 bridgehead atoms. The van der Waals surface area contributed by atoms with E-state index < -0.39 is 0 Å². The van der Waals surface area contributed by atoms with Gasteiger partial charge in [0, 0.05) is 12.5 Å². The van der Waals surface area contributed by atoms with Gasteiger partial charge in [-0.05, 0) is 55.8 Å². The lowest BCUT2D eigenvalue weighted by atomic mass is 9.44. The van der Waals surface area contributed by atoms with Crippen LogP contribution in [0.3, 0.4) is 0 Å². The van der Waals surface area contributed by atoms with Crippen LogP contribution in [-0.4, -0.2) is 14.8 Å². The Hall–Kier alpha value is -1.06. The highest BCUT2D eigenvalue weighted by Crippen LogP contribution is 2.65. The third kappa shape index (κ3) is 1.32. The molecule has 0 aromatic carbocycles. The van der Waals surface area contributed by atoms with Crippen LogP contribution in [0, 0.1) is 17.3 Å². The van der Waals surface area contributed by atoms with E-state index in [2.05, 4.69) is 17.0 Å². The van der Waals surface area contributed by atoms with Gasteiger partial charge in [0.2, 0.25) is 5.95 Å². The molecule has 1 aromatic rings. The standard InChI is InChI=1S/C14H22N4/c1-13-4-9-3-10(5-13)7-14(6-9,8-13)11-16-12(15)18(2)17-11/h9-10H,3-8H2,1-2H3,(H2,15,16,17). The van der Waals surface area contributed by atoms with E-state index >= 15 is 0 Å². The van der Waals surface area contributed by atoms with Crippen LogP contribution in [-0.2, 0) is 12.5 Å². The highest BCUT2D eigenvalue weighted by molar-refractivity contribution is 5.24.